The van der Waals surface area contributed by atoms with Crippen LogP contribution in [-0.4, -0.2) is 12.8 Å². The largest absolute Gasteiger partial charge is 0.444 e. The van der Waals surface area contributed by atoms with E-state index in [4.69, 9.17) is 4.74 Å². The monoisotopic (exact) mass is 338 g/mol. The molecule has 1 aliphatic rings. The first kappa shape index (κ1) is 18.0. The molecule has 134 valence electrons. The second kappa shape index (κ2) is 8.05. The molecule has 2 unspecified atom stereocenters. The molecule has 3 rings (SSSR count). The molecule has 1 heterocycles. The lowest BCUT2D eigenvalue weighted by Gasteiger charge is -2.45. The van der Waals surface area contributed by atoms with Gasteiger partial charge in [-0.05, 0) is 56.0 Å². The van der Waals surface area contributed by atoms with Crippen molar-refractivity contribution in [3.8, 4) is 5.75 Å². The van der Waals surface area contributed by atoms with Crippen molar-refractivity contribution in [1.82, 2.24) is 4.48 Å². The Morgan fingerprint density at radius 3 is 2.56 bits per heavy atom. The molecule has 0 saturated carbocycles. The molecule has 0 N–H and O–H groups in total. The fourth-order valence-electron chi connectivity index (χ4n) is 4.06. The Labute approximate surface area is 153 Å². The van der Waals surface area contributed by atoms with Gasteiger partial charge in [0.25, 0.3) is 0 Å². The van der Waals surface area contributed by atoms with Crippen LogP contribution in [0, 0.1) is 0 Å². The standard InChI is InChI=1S/C23H32NO/c1-4-6-11-20-14-15-23-21(16-20)17-24(18-25-23,19(3)10-5-2)22-12-8-7-9-13-22/h7-9,12-16,19H,4-6,10-11,17-18H2,1-3H3/q+1. The molecule has 0 amide bonds. The van der Waals surface area contributed by atoms with E-state index in [1.807, 2.05) is 0 Å². The number of nitrogens with zero attached hydrogens (tertiary/aromatic N) is 1. The van der Waals surface area contributed by atoms with Gasteiger partial charge in [-0.2, -0.15) is 0 Å². The van der Waals surface area contributed by atoms with Crippen molar-refractivity contribution >= 4 is 5.69 Å². The molecule has 0 bridgehead atoms. The lowest BCUT2D eigenvalue weighted by molar-refractivity contribution is 0.0632. The number of benzene rings is 2. The van der Waals surface area contributed by atoms with Crippen LogP contribution in [0.15, 0.2) is 48.5 Å². The van der Waals surface area contributed by atoms with Gasteiger partial charge in [-0.1, -0.05) is 51.0 Å². The molecule has 0 saturated heterocycles. The van der Waals surface area contributed by atoms with Crippen LogP contribution in [0.4, 0.5) is 5.69 Å². The SMILES string of the molecule is CCCCc1ccc2c(c1)C[N+](c1ccccc1)(C(C)CCC)CO2. The minimum Gasteiger partial charge on any atom is -0.444 e. The van der Waals surface area contributed by atoms with Gasteiger partial charge < -0.3 is 4.74 Å². The van der Waals surface area contributed by atoms with E-state index in [1.54, 1.807) is 0 Å². The van der Waals surface area contributed by atoms with Crippen molar-refractivity contribution in [2.75, 3.05) is 6.73 Å². The summed E-state index contributed by atoms with van der Waals surface area (Å²) in [5.41, 5.74) is 4.18. The second-order valence-electron chi connectivity index (χ2n) is 7.48. The maximum atomic E-state index is 6.29. The van der Waals surface area contributed by atoms with E-state index in [0.717, 1.165) is 23.5 Å². The third kappa shape index (κ3) is 3.74. The number of aryl methyl sites for hydroxylation is 1. The quantitative estimate of drug-likeness (QED) is 0.556. The summed E-state index contributed by atoms with van der Waals surface area (Å²) >= 11 is 0. The zero-order valence-electron chi connectivity index (χ0n) is 16.0. The first-order chi connectivity index (χ1) is 12.2. The fourth-order valence-corrected chi connectivity index (χ4v) is 4.06. The Bertz CT molecular complexity index is 682. The highest BCUT2D eigenvalue weighted by Gasteiger charge is 2.40. The topological polar surface area (TPSA) is 9.23 Å². The van der Waals surface area contributed by atoms with E-state index in [2.05, 4.69) is 69.3 Å². The van der Waals surface area contributed by atoms with E-state index < -0.39 is 0 Å². The lowest BCUT2D eigenvalue weighted by atomic mass is 9.99. The summed E-state index contributed by atoms with van der Waals surface area (Å²) in [4.78, 5) is 0. The number of rotatable bonds is 7. The van der Waals surface area contributed by atoms with E-state index in [0.29, 0.717) is 6.04 Å². The smallest absolute Gasteiger partial charge is 0.229 e. The summed E-state index contributed by atoms with van der Waals surface area (Å²) in [5, 5.41) is 0. The summed E-state index contributed by atoms with van der Waals surface area (Å²) < 4.78 is 7.19. The molecule has 2 aromatic carbocycles. The number of para-hydroxylation sites is 1. The Kier molecular flexibility index (Phi) is 5.80. The normalized spacial score (nSPS) is 20.6. The number of hydrogen-bond acceptors (Lipinski definition) is 1. The van der Waals surface area contributed by atoms with Crippen LogP contribution >= 0.6 is 0 Å². The van der Waals surface area contributed by atoms with Gasteiger partial charge in [0.1, 0.15) is 18.0 Å². The number of ether oxygens (including phenoxy) is 1. The molecular formula is C23H32NO+. The van der Waals surface area contributed by atoms with Crippen molar-refractivity contribution in [1.29, 1.82) is 0 Å². The van der Waals surface area contributed by atoms with Gasteiger partial charge in [0.15, 0.2) is 0 Å². The van der Waals surface area contributed by atoms with Gasteiger partial charge in [-0.3, -0.25) is 4.48 Å². The number of hydrogen-bond donors (Lipinski definition) is 0. The Balaban J connectivity index is 1.96. The molecule has 2 heteroatoms. The van der Waals surface area contributed by atoms with Gasteiger partial charge in [-0.25, -0.2) is 0 Å². The molecule has 2 aromatic rings. The number of quaternary nitrogens is 1. The molecule has 2 atom stereocenters. The molecule has 0 aromatic heterocycles. The maximum absolute atomic E-state index is 6.29. The molecule has 0 spiro atoms. The van der Waals surface area contributed by atoms with Crippen LogP contribution in [0.2, 0.25) is 0 Å². The zero-order valence-corrected chi connectivity index (χ0v) is 16.0. The van der Waals surface area contributed by atoms with Crippen molar-refractivity contribution in [3.05, 3.63) is 59.7 Å². The van der Waals surface area contributed by atoms with Gasteiger partial charge in [0.05, 0.1) is 6.04 Å². The van der Waals surface area contributed by atoms with Crippen LogP contribution in [-0.2, 0) is 13.0 Å². The molecular weight excluding hydrogens is 306 g/mol. The summed E-state index contributed by atoms with van der Waals surface area (Å²) in [6.07, 6.45) is 6.08. The average molecular weight is 339 g/mol. The van der Waals surface area contributed by atoms with Gasteiger partial charge in [0, 0.05) is 5.56 Å². The van der Waals surface area contributed by atoms with Crippen LogP contribution < -0.4 is 9.22 Å². The molecule has 2 nitrogen and oxygen atoms in total. The first-order valence-corrected chi connectivity index (χ1v) is 9.86. The Hall–Kier alpha value is -1.80. The minimum absolute atomic E-state index is 0.542. The average Bonchev–Trinajstić information content (AvgIpc) is 2.66. The van der Waals surface area contributed by atoms with Gasteiger partial charge in [0.2, 0.25) is 6.73 Å². The molecule has 1 aliphatic heterocycles. The summed E-state index contributed by atoms with van der Waals surface area (Å²) in [7, 11) is 0. The molecule has 0 radical (unpaired) electrons. The van der Waals surface area contributed by atoms with Crippen LogP contribution in [0.3, 0.4) is 0 Å². The Morgan fingerprint density at radius 1 is 1.04 bits per heavy atom. The van der Waals surface area contributed by atoms with E-state index in [-0.39, 0.29) is 0 Å². The Morgan fingerprint density at radius 2 is 1.84 bits per heavy atom. The van der Waals surface area contributed by atoms with Crippen LogP contribution in [0.1, 0.15) is 57.6 Å². The number of fused-ring (bicyclic) bond motifs is 1. The maximum Gasteiger partial charge on any atom is 0.229 e. The predicted molar refractivity (Wildman–Crippen MR) is 107 cm³/mol. The second-order valence-corrected chi connectivity index (χ2v) is 7.48. The minimum atomic E-state index is 0.542. The summed E-state index contributed by atoms with van der Waals surface area (Å²) in [5.74, 6) is 1.08. The van der Waals surface area contributed by atoms with Crippen molar-refractivity contribution in [2.24, 2.45) is 0 Å². The van der Waals surface area contributed by atoms with Gasteiger partial charge >= 0.3 is 0 Å². The fraction of sp³-hybridized carbons (Fsp3) is 0.478. The highest BCUT2D eigenvalue weighted by atomic mass is 16.5. The summed E-state index contributed by atoms with van der Waals surface area (Å²) in [6.45, 7) is 8.67. The third-order valence-electron chi connectivity index (χ3n) is 5.67. The predicted octanol–water partition coefficient (Wildman–Crippen LogP) is 6.08. The van der Waals surface area contributed by atoms with Crippen molar-refractivity contribution in [3.63, 3.8) is 0 Å². The van der Waals surface area contributed by atoms with Crippen molar-refractivity contribution < 1.29 is 4.74 Å². The van der Waals surface area contributed by atoms with Crippen molar-refractivity contribution in [2.45, 2.75) is 65.5 Å². The van der Waals surface area contributed by atoms with E-state index in [9.17, 15) is 0 Å². The van der Waals surface area contributed by atoms with E-state index in [1.165, 1.54) is 48.9 Å². The van der Waals surface area contributed by atoms with E-state index >= 15 is 0 Å². The highest BCUT2D eigenvalue weighted by Crippen LogP contribution is 2.38. The number of unbranched alkanes of at least 4 members (excludes halogenated alkanes) is 1. The lowest BCUT2D eigenvalue weighted by Crippen LogP contribution is -2.58. The van der Waals surface area contributed by atoms with Crippen LogP contribution in [0.25, 0.3) is 0 Å². The van der Waals surface area contributed by atoms with Crippen LogP contribution in [0.5, 0.6) is 5.75 Å². The molecule has 0 fully saturated rings. The first-order valence-electron chi connectivity index (χ1n) is 9.86. The molecule has 0 aliphatic carbocycles. The van der Waals surface area contributed by atoms with Gasteiger partial charge in [-0.15, -0.1) is 0 Å². The zero-order chi connectivity index (χ0) is 17.7. The molecule has 25 heavy (non-hydrogen) atoms. The highest BCUT2D eigenvalue weighted by molar-refractivity contribution is 5.48. The summed E-state index contributed by atoms with van der Waals surface area (Å²) in [6, 6.07) is 18.3. The third-order valence-corrected chi connectivity index (χ3v) is 5.67.